The second-order valence-corrected chi connectivity index (χ2v) is 23.5. The van der Waals surface area contributed by atoms with Gasteiger partial charge in [-0.25, -0.2) is 4.39 Å². The molecule has 0 saturated carbocycles. The first-order chi connectivity index (χ1) is 33.8. The van der Waals surface area contributed by atoms with Gasteiger partial charge >= 0.3 is 0 Å². The monoisotopic (exact) mass is 1040 g/mol. The Kier molecular flexibility index (Phi) is 36.5. The fraction of sp³-hybridized carbons (Fsp3) is 1.00. The van der Waals surface area contributed by atoms with Gasteiger partial charge in [0.1, 0.15) is 12.3 Å². The standard InChI is InChI=1S/C8H17NO2.4C8H17NO.C7H14FNO2.C7H15NO2/c1-9-5-3-7(10)8(11-2)4-6-9;1-7-5-8(10)3-4-9(2)6-7;1-7-3-4-8(10)6-9(2)5-7;1-7-3-4-8(10)5-6-9(7)2;1-7-4-3-5-8(10)6-9(7)2;1-9-2-3-11-6-7(10,4-8)5-9;1-7(9)5-8(2)3-4-10-6-7/h7-8,10H,3-6H2,1-2H3;4*7-8,10H,3-6H2,1-2H3;10H,2-6H2,1H3;9H,3-6H2,1-2H3/t7-,8?;;;;;;/m1....../s1. The van der Waals surface area contributed by atoms with E-state index < -0.39 is 17.9 Å². The highest BCUT2D eigenvalue weighted by Crippen LogP contribution is 2.18. The van der Waals surface area contributed by atoms with E-state index in [0.29, 0.717) is 44.3 Å². The van der Waals surface area contributed by atoms with Crippen molar-refractivity contribution in [3.05, 3.63) is 0 Å². The van der Waals surface area contributed by atoms with Gasteiger partial charge in [0.25, 0.3) is 0 Å². The Bertz CT molecular complexity index is 1260. The summed E-state index contributed by atoms with van der Waals surface area (Å²) in [5.74, 6) is 1.41. The highest BCUT2D eigenvalue weighted by atomic mass is 19.1. The Morgan fingerprint density at radius 1 is 0.514 bits per heavy atom. The van der Waals surface area contributed by atoms with Crippen LogP contribution in [0.5, 0.6) is 0 Å². The highest BCUT2D eigenvalue weighted by molar-refractivity contribution is 4.83. The number of hydrogen-bond acceptors (Lipinski definition) is 17. The summed E-state index contributed by atoms with van der Waals surface area (Å²) in [5.41, 5.74) is -1.95. The maximum absolute atomic E-state index is 12.3. The molecule has 432 valence electrons. The minimum Gasteiger partial charge on any atom is -0.393 e. The number of hydrogen-bond donors (Lipinski definition) is 7. The first-order valence-electron chi connectivity index (χ1n) is 27.7. The van der Waals surface area contributed by atoms with Gasteiger partial charge in [-0.2, -0.15) is 0 Å². The lowest BCUT2D eigenvalue weighted by Gasteiger charge is -2.25. The normalized spacial score (nSPS) is 36.8. The average Bonchev–Trinajstić information content (AvgIpc) is 3.88. The van der Waals surface area contributed by atoms with Gasteiger partial charge in [-0.05, 0) is 159 Å². The third-order valence-electron chi connectivity index (χ3n) is 15.0. The van der Waals surface area contributed by atoms with Gasteiger partial charge in [-0.1, -0.05) is 13.8 Å². The molecule has 72 heavy (non-hydrogen) atoms. The van der Waals surface area contributed by atoms with E-state index in [1.807, 2.05) is 19.0 Å². The molecule has 0 amide bonds. The highest BCUT2D eigenvalue weighted by Gasteiger charge is 2.31. The molecule has 0 aromatic heterocycles. The molecule has 7 fully saturated rings. The van der Waals surface area contributed by atoms with Crippen molar-refractivity contribution in [1.82, 2.24) is 34.3 Å². The van der Waals surface area contributed by atoms with Gasteiger partial charge in [0.05, 0.1) is 68.7 Å². The summed E-state index contributed by atoms with van der Waals surface area (Å²) in [6.45, 7) is 22.6. The van der Waals surface area contributed by atoms with Gasteiger partial charge in [0.15, 0.2) is 0 Å². The number of aliphatic hydroxyl groups is 7. The zero-order valence-corrected chi connectivity index (χ0v) is 48.1. The summed E-state index contributed by atoms with van der Waals surface area (Å²) in [6, 6.07) is 1.30. The molecule has 0 bridgehead atoms. The molecule has 7 aliphatic heterocycles. The van der Waals surface area contributed by atoms with Crippen LogP contribution in [-0.2, 0) is 14.2 Å². The second kappa shape index (κ2) is 37.9. The molecule has 17 nitrogen and oxygen atoms in total. The number of nitrogens with zero attached hydrogens (tertiary/aromatic N) is 7. The van der Waals surface area contributed by atoms with Crippen LogP contribution in [0, 0.1) is 11.8 Å². The van der Waals surface area contributed by atoms with Crippen molar-refractivity contribution in [2.24, 2.45) is 11.8 Å². The summed E-state index contributed by atoms with van der Waals surface area (Å²) in [7, 11) is 16.0. The van der Waals surface area contributed by atoms with Crippen molar-refractivity contribution in [2.45, 2.75) is 172 Å². The maximum atomic E-state index is 12.3. The molecule has 12 atom stereocenters. The smallest absolute Gasteiger partial charge is 0.129 e. The van der Waals surface area contributed by atoms with Crippen molar-refractivity contribution in [2.75, 3.05) is 168 Å². The predicted octanol–water partition coefficient (Wildman–Crippen LogP) is 2.56. The van der Waals surface area contributed by atoms with E-state index in [0.717, 1.165) is 136 Å². The molecule has 11 unspecified atom stereocenters. The molecule has 18 heteroatoms. The molecule has 7 heterocycles. The summed E-state index contributed by atoms with van der Waals surface area (Å²) in [6.07, 6.45) is 11.8. The topological polar surface area (TPSA) is 192 Å². The van der Waals surface area contributed by atoms with Crippen LogP contribution in [0.15, 0.2) is 0 Å². The largest absolute Gasteiger partial charge is 0.393 e. The molecular formula is C54H114FN7O10. The van der Waals surface area contributed by atoms with Crippen molar-refractivity contribution in [1.29, 1.82) is 0 Å². The molecule has 7 saturated heterocycles. The van der Waals surface area contributed by atoms with Crippen LogP contribution in [0.3, 0.4) is 0 Å². The number of rotatable bonds is 2. The Balaban J connectivity index is 0.000000420. The summed E-state index contributed by atoms with van der Waals surface area (Å²) in [5, 5.41) is 65.9. The number of β-amino-alcohol motifs (C(OH)–C–C–N with tert-alkyl or cyclic N) is 4. The predicted molar refractivity (Wildman–Crippen MR) is 289 cm³/mol. The van der Waals surface area contributed by atoms with Gasteiger partial charge < -0.3 is 84.3 Å². The van der Waals surface area contributed by atoms with Crippen LogP contribution in [0.2, 0.25) is 0 Å². The van der Waals surface area contributed by atoms with Crippen LogP contribution in [0.4, 0.5) is 4.39 Å². The Morgan fingerprint density at radius 2 is 1.07 bits per heavy atom. The molecule has 7 N–H and O–H groups in total. The van der Waals surface area contributed by atoms with E-state index in [-0.39, 0.29) is 43.2 Å². The van der Waals surface area contributed by atoms with E-state index in [1.54, 1.807) is 14.0 Å². The zero-order chi connectivity index (χ0) is 54.4. The first-order valence-corrected chi connectivity index (χ1v) is 27.7. The molecule has 0 aromatic carbocycles. The maximum Gasteiger partial charge on any atom is 0.129 e. The van der Waals surface area contributed by atoms with E-state index in [2.05, 4.69) is 92.3 Å². The molecule has 7 aliphatic rings. The van der Waals surface area contributed by atoms with Crippen LogP contribution >= 0.6 is 0 Å². The van der Waals surface area contributed by atoms with Crippen molar-refractivity contribution in [3.8, 4) is 0 Å². The molecule has 0 aromatic rings. The minimum absolute atomic E-state index is 0.0416. The summed E-state index contributed by atoms with van der Waals surface area (Å²) < 4.78 is 27.6. The molecule has 0 spiro atoms. The Morgan fingerprint density at radius 3 is 1.72 bits per heavy atom. The fourth-order valence-electron chi connectivity index (χ4n) is 9.99. The lowest BCUT2D eigenvalue weighted by molar-refractivity contribution is -0.0497. The van der Waals surface area contributed by atoms with Crippen LogP contribution in [0.1, 0.15) is 112 Å². The van der Waals surface area contributed by atoms with E-state index >= 15 is 0 Å². The van der Waals surface area contributed by atoms with Crippen LogP contribution in [0.25, 0.3) is 0 Å². The number of methoxy groups -OCH3 is 1. The third-order valence-corrected chi connectivity index (χ3v) is 15.0. The molecule has 0 aliphatic carbocycles. The van der Waals surface area contributed by atoms with Crippen molar-refractivity contribution >= 4 is 0 Å². The number of ether oxygens (including phenoxy) is 3. The average molecular weight is 1040 g/mol. The number of alkyl halides is 1. The number of likely N-dealkylation sites (N-methyl/N-ethyl adjacent to an activating group) is 4. The molecule has 7 rings (SSSR count). The second-order valence-electron chi connectivity index (χ2n) is 23.5. The SMILES string of the molecule is CC1CC(O)CCN(C)C1.CC1CCC(O)CCN1C.CC1CCC(O)CN(C)C1.CC1CCCC(O)CN1C.CN1CCOCC(C)(O)C1.CN1CCOCC(O)(CF)C1.COC1CCN(C)CC[C@H]1O. The van der Waals surface area contributed by atoms with E-state index in [4.69, 9.17) is 14.2 Å². The third kappa shape index (κ3) is 33.4. The number of aliphatic hydroxyl groups excluding tert-OH is 5. The lowest BCUT2D eigenvalue weighted by Crippen LogP contribution is -2.44. The van der Waals surface area contributed by atoms with E-state index in [1.165, 1.54) is 19.3 Å². The van der Waals surface area contributed by atoms with Crippen LogP contribution < -0.4 is 0 Å². The minimum atomic E-state index is -1.29. The molecule has 0 radical (unpaired) electrons. The van der Waals surface area contributed by atoms with Gasteiger partial charge in [-0.3, -0.25) is 0 Å². The van der Waals surface area contributed by atoms with Crippen molar-refractivity contribution in [3.63, 3.8) is 0 Å². The number of likely N-dealkylation sites (tertiary alicyclic amines) is 5. The fourth-order valence-corrected chi connectivity index (χ4v) is 9.99. The quantitative estimate of drug-likeness (QED) is 0.214. The van der Waals surface area contributed by atoms with Gasteiger partial charge in [0, 0.05) is 97.7 Å². The summed E-state index contributed by atoms with van der Waals surface area (Å²) >= 11 is 0. The number of halogens is 1. The lowest BCUT2D eigenvalue weighted by atomic mass is 10.0. The van der Waals surface area contributed by atoms with Crippen molar-refractivity contribution < 1.29 is 54.3 Å². The first kappa shape index (κ1) is 69.3. The Hall–Kier alpha value is -0.750. The van der Waals surface area contributed by atoms with Crippen LogP contribution in [-0.4, -0.2) is 298 Å². The molecular weight excluding hydrogens is 926 g/mol. The van der Waals surface area contributed by atoms with E-state index in [9.17, 15) is 40.1 Å². The summed E-state index contributed by atoms with van der Waals surface area (Å²) in [4.78, 5) is 15.2. The Labute approximate surface area is 438 Å². The van der Waals surface area contributed by atoms with Gasteiger partial charge in [0.2, 0.25) is 0 Å². The van der Waals surface area contributed by atoms with Gasteiger partial charge in [-0.15, -0.1) is 0 Å². The zero-order valence-electron chi connectivity index (χ0n) is 48.1.